The van der Waals surface area contributed by atoms with Crippen LogP contribution in [-0.4, -0.2) is 81.2 Å². The number of thioether (sulfide) groups is 1. The molecule has 38 heavy (non-hydrogen) atoms. The summed E-state index contributed by atoms with van der Waals surface area (Å²) in [6.07, 6.45) is 3.33. The molecule has 0 spiro atoms. The van der Waals surface area contributed by atoms with E-state index in [1.165, 1.54) is 18.7 Å². The monoisotopic (exact) mass is 549 g/mol. The number of hydrogen-bond donors (Lipinski definition) is 7. The Bertz CT molecular complexity index is 1110. The summed E-state index contributed by atoms with van der Waals surface area (Å²) in [5, 5.41) is 28.2. The van der Waals surface area contributed by atoms with Gasteiger partial charge in [-0.1, -0.05) is 38.5 Å². The van der Waals surface area contributed by atoms with Gasteiger partial charge in [0.2, 0.25) is 17.7 Å². The van der Waals surface area contributed by atoms with Crippen molar-refractivity contribution in [1.29, 1.82) is 0 Å². The maximum atomic E-state index is 13.3. The number of aromatic amines is 1. The molecule has 0 aliphatic heterocycles. The van der Waals surface area contributed by atoms with Crippen LogP contribution >= 0.6 is 11.8 Å². The lowest BCUT2D eigenvalue weighted by Gasteiger charge is -2.28. The first-order valence-corrected chi connectivity index (χ1v) is 14.0. The number of rotatable bonds is 15. The number of para-hydroxylation sites is 1. The molecule has 1 heterocycles. The van der Waals surface area contributed by atoms with Crippen molar-refractivity contribution in [2.24, 2.45) is 11.7 Å². The number of benzene rings is 1. The molecule has 1 aromatic heterocycles. The highest BCUT2D eigenvalue weighted by Gasteiger charge is 2.33. The number of amides is 3. The first kappa shape index (κ1) is 31.1. The topological polar surface area (TPSA) is 187 Å². The largest absolute Gasteiger partial charge is 0.480 e. The number of hydrogen-bond acceptors (Lipinski definition) is 7. The van der Waals surface area contributed by atoms with Gasteiger partial charge in [-0.3, -0.25) is 14.4 Å². The first-order valence-electron chi connectivity index (χ1n) is 12.6. The van der Waals surface area contributed by atoms with Crippen LogP contribution in [0.5, 0.6) is 0 Å². The lowest BCUT2D eigenvalue weighted by Crippen LogP contribution is -2.59. The summed E-state index contributed by atoms with van der Waals surface area (Å²) in [5.41, 5.74) is 7.31. The van der Waals surface area contributed by atoms with Crippen molar-refractivity contribution in [3.63, 3.8) is 0 Å². The van der Waals surface area contributed by atoms with Crippen LogP contribution in [0, 0.1) is 5.92 Å². The van der Waals surface area contributed by atoms with Gasteiger partial charge in [-0.05, 0) is 42.9 Å². The summed E-state index contributed by atoms with van der Waals surface area (Å²) >= 11 is 1.48. The Hall–Kier alpha value is -3.09. The number of H-pyrrole nitrogens is 1. The van der Waals surface area contributed by atoms with Gasteiger partial charge in [0, 0.05) is 23.5 Å². The van der Waals surface area contributed by atoms with E-state index in [0.29, 0.717) is 12.2 Å². The van der Waals surface area contributed by atoms with Crippen LogP contribution in [0.1, 0.15) is 39.2 Å². The number of aromatic nitrogens is 1. The summed E-state index contributed by atoms with van der Waals surface area (Å²) in [6.45, 7) is 5.00. The third-order valence-corrected chi connectivity index (χ3v) is 7.22. The van der Waals surface area contributed by atoms with Crippen molar-refractivity contribution < 1.29 is 29.4 Å². The zero-order valence-corrected chi connectivity index (χ0v) is 23.0. The molecule has 210 valence electrons. The van der Waals surface area contributed by atoms with Gasteiger partial charge in [0.25, 0.3) is 0 Å². The number of aliphatic hydroxyl groups excluding tert-OH is 1. The predicted octanol–water partition coefficient (Wildman–Crippen LogP) is 0.757. The molecule has 0 fully saturated rings. The molecule has 8 N–H and O–H groups in total. The summed E-state index contributed by atoms with van der Waals surface area (Å²) in [4.78, 5) is 54.1. The molecule has 12 heteroatoms. The van der Waals surface area contributed by atoms with Crippen LogP contribution in [0.25, 0.3) is 10.9 Å². The molecule has 0 bridgehead atoms. The third-order valence-electron chi connectivity index (χ3n) is 6.57. The van der Waals surface area contributed by atoms with E-state index >= 15 is 0 Å². The second kappa shape index (κ2) is 14.7. The normalized spacial score (nSPS) is 16.1. The summed E-state index contributed by atoms with van der Waals surface area (Å²) < 4.78 is 0. The van der Waals surface area contributed by atoms with E-state index < -0.39 is 54.0 Å². The molecule has 0 aliphatic rings. The number of nitrogens with one attached hydrogen (secondary N) is 4. The second-order valence-corrected chi connectivity index (χ2v) is 10.4. The number of carbonyl (C=O) groups is 4. The Labute approximate surface area is 226 Å². The minimum Gasteiger partial charge on any atom is -0.480 e. The molecule has 1 aromatic carbocycles. The molecular formula is C26H39N5O6S. The van der Waals surface area contributed by atoms with Gasteiger partial charge in [0.1, 0.15) is 24.2 Å². The van der Waals surface area contributed by atoms with Crippen molar-refractivity contribution in [3.8, 4) is 0 Å². The minimum absolute atomic E-state index is 0.0515. The molecule has 0 aliphatic carbocycles. The quantitative estimate of drug-likeness (QED) is 0.170. The van der Waals surface area contributed by atoms with Crippen molar-refractivity contribution in [1.82, 2.24) is 20.9 Å². The first-order chi connectivity index (χ1) is 18.0. The molecule has 3 amide bonds. The van der Waals surface area contributed by atoms with E-state index in [-0.39, 0.29) is 18.8 Å². The molecule has 0 radical (unpaired) electrons. The SMILES string of the molecule is CCC(C)C(NC(=O)C(CCSC)NC(=O)C(N)C(C)O)C(=O)NC(Cc1c[nH]c2ccccc12)C(=O)O. The van der Waals surface area contributed by atoms with Crippen molar-refractivity contribution in [2.75, 3.05) is 12.0 Å². The second-order valence-electron chi connectivity index (χ2n) is 9.44. The lowest BCUT2D eigenvalue weighted by atomic mass is 9.96. The van der Waals surface area contributed by atoms with Crippen LogP contribution in [-0.2, 0) is 25.6 Å². The van der Waals surface area contributed by atoms with Crippen molar-refractivity contribution in [3.05, 3.63) is 36.0 Å². The highest BCUT2D eigenvalue weighted by molar-refractivity contribution is 7.98. The fourth-order valence-electron chi connectivity index (χ4n) is 3.93. The maximum Gasteiger partial charge on any atom is 0.326 e. The standard InChI is InChI=1S/C26H39N5O6S/c1-5-14(2)22(31-23(33)19(10-11-38-4)29-24(34)21(27)15(3)32)25(35)30-20(26(36)37)12-16-13-28-18-9-7-6-8-17(16)18/h6-9,13-15,19-22,28,32H,5,10-12,27H2,1-4H3,(H,29,34)(H,30,35)(H,31,33)(H,36,37). The third kappa shape index (κ3) is 8.47. The van der Waals surface area contributed by atoms with E-state index in [4.69, 9.17) is 5.73 Å². The lowest BCUT2D eigenvalue weighted by molar-refractivity contribution is -0.142. The zero-order chi connectivity index (χ0) is 28.4. The maximum absolute atomic E-state index is 13.3. The molecule has 2 aromatic rings. The molecule has 0 saturated heterocycles. The van der Waals surface area contributed by atoms with Crippen molar-refractivity contribution >= 4 is 46.4 Å². The molecule has 6 unspecified atom stereocenters. The Kier molecular flexibility index (Phi) is 12.1. The van der Waals surface area contributed by atoms with Gasteiger partial charge in [-0.25, -0.2) is 4.79 Å². The van der Waals surface area contributed by atoms with Crippen LogP contribution in [0.3, 0.4) is 0 Å². The smallest absolute Gasteiger partial charge is 0.326 e. The van der Waals surface area contributed by atoms with E-state index in [9.17, 15) is 29.4 Å². The number of aliphatic hydroxyl groups is 1. The van der Waals surface area contributed by atoms with E-state index in [2.05, 4.69) is 20.9 Å². The molecule has 0 saturated carbocycles. The Morgan fingerprint density at radius 1 is 1.03 bits per heavy atom. The van der Waals surface area contributed by atoms with Gasteiger partial charge in [0.05, 0.1) is 6.10 Å². The number of carbonyl (C=O) groups excluding carboxylic acids is 3. The average molecular weight is 550 g/mol. The zero-order valence-electron chi connectivity index (χ0n) is 22.2. The predicted molar refractivity (Wildman–Crippen MR) is 148 cm³/mol. The van der Waals surface area contributed by atoms with Gasteiger partial charge >= 0.3 is 5.97 Å². The van der Waals surface area contributed by atoms with E-state index in [1.54, 1.807) is 13.1 Å². The number of nitrogens with two attached hydrogens (primary N) is 1. The van der Waals surface area contributed by atoms with Gasteiger partial charge < -0.3 is 36.9 Å². The van der Waals surface area contributed by atoms with Crippen LogP contribution < -0.4 is 21.7 Å². The summed E-state index contributed by atoms with van der Waals surface area (Å²) in [6, 6.07) is 3.01. The van der Waals surface area contributed by atoms with E-state index in [0.717, 1.165) is 16.5 Å². The number of fused-ring (bicyclic) bond motifs is 1. The fourth-order valence-corrected chi connectivity index (χ4v) is 4.40. The number of carboxylic acids is 1. The van der Waals surface area contributed by atoms with Gasteiger partial charge in [-0.15, -0.1) is 0 Å². The fraction of sp³-hybridized carbons (Fsp3) is 0.538. The highest BCUT2D eigenvalue weighted by atomic mass is 32.2. The average Bonchev–Trinajstić information content (AvgIpc) is 3.30. The summed E-state index contributed by atoms with van der Waals surface area (Å²) in [7, 11) is 0. The molecular weight excluding hydrogens is 510 g/mol. The van der Waals surface area contributed by atoms with Gasteiger partial charge in [0.15, 0.2) is 0 Å². The Morgan fingerprint density at radius 3 is 2.29 bits per heavy atom. The van der Waals surface area contributed by atoms with Crippen LogP contribution in [0.2, 0.25) is 0 Å². The molecule has 2 rings (SSSR count). The van der Waals surface area contributed by atoms with Crippen LogP contribution in [0.4, 0.5) is 0 Å². The van der Waals surface area contributed by atoms with Gasteiger partial charge in [-0.2, -0.15) is 11.8 Å². The highest BCUT2D eigenvalue weighted by Crippen LogP contribution is 2.19. The minimum atomic E-state index is -1.22. The summed E-state index contributed by atoms with van der Waals surface area (Å²) in [5.74, 6) is -2.87. The Morgan fingerprint density at radius 2 is 1.68 bits per heavy atom. The van der Waals surface area contributed by atoms with E-state index in [1.807, 2.05) is 37.4 Å². The molecule has 11 nitrogen and oxygen atoms in total. The number of carboxylic acid groups (broad SMARTS) is 1. The van der Waals surface area contributed by atoms with Crippen LogP contribution in [0.15, 0.2) is 30.5 Å². The Balaban J connectivity index is 2.19. The molecule has 6 atom stereocenters. The number of aliphatic carboxylic acids is 1. The van der Waals surface area contributed by atoms with Crippen molar-refractivity contribution in [2.45, 2.75) is 70.3 Å².